The summed E-state index contributed by atoms with van der Waals surface area (Å²) in [5, 5.41) is 0.502. The van der Waals surface area contributed by atoms with Crippen LogP contribution in [0.4, 0.5) is 0 Å². The van der Waals surface area contributed by atoms with Crippen molar-refractivity contribution in [2.45, 2.75) is 9.72 Å². The largest absolute Gasteiger partial charge is 0.383 e. The average Bonchev–Trinajstić information content (AvgIpc) is 2.28. The van der Waals surface area contributed by atoms with Crippen molar-refractivity contribution in [1.82, 2.24) is 4.72 Å². The fraction of sp³-hybridized carbons (Fsp3) is 0.400. The van der Waals surface area contributed by atoms with Crippen molar-refractivity contribution in [2.24, 2.45) is 0 Å². The lowest BCUT2D eigenvalue weighted by atomic mass is 10.4. The number of hydrogen-bond donors (Lipinski definition) is 1. The number of halogens is 2. The highest BCUT2D eigenvalue weighted by molar-refractivity contribution is 9.09. The molecular formula is C10H13BrClNO3S. The Kier molecular flexibility index (Phi) is 5.88. The summed E-state index contributed by atoms with van der Waals surface area (Å²) in [6.45, 7) is 0.696. The van der Waals surface area contributed by atoms with E-state index in [2.05, 4.69) is 20.7 Å². The monoisotopic (exact) mass is 341 g/mol. The molecule has 0 aliphatic carbocycles. The van der Waals surface area contributed by atoms with Crippen LogP contribution in [-0.4, -0.2) is 33.5 Å². The maximum atomic E-state index is 11.8. The van der Waals surface area contributed by atoms with Crippen molar-refractivity contribution >= 4 is 37.6 Å². The molecule has 0 fully saturated rings. The van der Waals surface area contributed by atoms with Crippen LogP contribution in [0, 0.1) is 0 Å². The van der Waals surface area contributed by atoms with Gasteiger partial charge in [0, 0.05) is 18.7 Å². The number of ether oxygens (including phenoxy) is 1. The second-order valence-corrected chi connectivity index (χ2v) is 6.86. The molecule has 0 aliphatic heterocycles. The number of methoxy groups -OCH3 is 1. The first-order valence-corrected chi connectivity index (χ1v) is 7.61. The molecule has 7 heteroatoms. The normalized spacial score (nSPS) is 13.6. The van der Waals surface area contributed by atoms with Crippen molar-refractivity contribution in [2.75, 3.05) is 20.3 Å². The smallest absolute Gasteiger partial charge is 0.240 e. The number of rotatable bonds is 6. The molecule has 17 heavy (non-hydrogen) atoms. The minimum absolute atomic E-state index is 0.0606. The lowest BCUT2D eigenvalue weighted by Gasteiger charge is -2.10. The topological polar surface area (TPSA) is 55.4 Å². The number of hydrogen-bond acceptors (Lipinski definition) is 3. The molecule has 4 nitrogen and oxygen atoms in total. The molecule has 0 spiro atoms. The molecule has 0 amide bonds. The zero-order valence-corrected chi connectivity index (χ0v) is 12.3. The predicted molar refractivity (Wildman–Crippen MR) is 71.2 cm³/mol. The summed E-state index contributed by atoms with van der Waals surface area (Å²) >= 11 is 8.99. The summed E-state index contributed by atoms with van der Waals surface area (Å²) in [7, 11) is -1.93. The Hall–Kier alpha value is -0.140. The van der Waals surface area contributed by atoms with Gasteiger partial charge in [-0.15, -0.1) is 0 Å². The fourth-order valence-electron chi connectivity index (χ4n) is 1.14. The van der Waals surface area contributed by atoms with E-state index >= 15 is 0 Å². The molecule has 1 N–H and O–H groups in total. The van der Waals surface area contributed by atoms with Crippen LogP contribution < -0.4 is 4.72 Å². The first kappa shape index (κ1) is 14.9. The van der Waals surface area contributed by atoms with Crippen LogP contribution in [0.2, 0.25) is 5.02 Å². The van der Waals surface area contributed by atoms with Crippen LogP contribution in [0.5, 0.6) is 0 Å². The minimum atomic E-state index is -3.48. The molecular weight excluding hydrogens is 330 g/mol. The summed E-state index contributed by atoms with van der Waals surface area (Å²) in [5.41, 5.74) is 0. The molecule has 96 valence electrons. The van der Waals surface area contributed by atoms with Gasteiger partial charge in [-0.1, -0.05) is 27.5 Å². The second-order valence-electron chi connectivity index (χ2n) is 3.36. The predicted octanol–water partition coefficient (Wildman–Crippen LogP) is 2.03. The standard InChI is InChI=1S/C10H13BrClNO3S/c1-16-7-8(11)6-13-17(14,15)10-4-2-9(12)3-5-10/h2-5,8,13H,6-7H2,1H3. The maximum absolute atomic E-state index is 11.8. The Morgan fingerprint density at radius 2 is 2.00 bits per heavy atom. The van der Waals surface area contributed by atoms with Crippen molar-refractivity contribution in [3.8, 4) is 0 Å². The minimum Gasteiger partial charge on any atom is -0.383 e. The molecule has 0 aliphatic rings. The number of benzene rings is 1. The van der Waals surface area contributed by atoms with Gasteiger partial charge in [0.05, 0.1) is 16.3 Å². The molecule has 1 rings (SSSR count). The Bertz CT molecular complexity index is 449. The molecule has 1 aromatic rings. The van der Waals surface area contributed by atoms with E-state index in [4.69, 9.17) is 16.3 Å². The molecule has 0 saturated carbocycles. The van der Waals surface area contributed by atoms with Gasteiger partial charge in [0.15, 0.2) is 0 Å². The molecule has 1 atom stereocenters. The molecule has 0 aromatic heterocycles. The van der Waals surface area contributed by atoms with Crippen molar-refractivity contribution in [3.05, 3.63) is 29.3 Å². The van der Waals surface area contributed by atoms with E-state index in [1.54, 1.807) is 7.11 Å². The first-order valence-electron chi connectivity index (χ1n) is 4.84. The highest BCUT2D eigenvalue weighted by Crippen LogP contribution is 2.14. The van der Waals surface area contributed by atoms with Crippen molar-refractivity contribution in [1.29, 1.82) is 0 Å². The van der Waals surface area contributed by atoms with Crippen molar-refractivity contribution < 1.29 is 13.2 Å². The van der Waals surface area contributed by atoms with Gasteiger partial charge >= 0.3 is 0 Å². The summed E-state index contributed by atoms with van der Waals surface area (Å²) in [5.74, 6) is 0. The lowest BCUT2D eigenvalue weighted by Crippen LogP contribution is -2.31. The average molecular weight is 343 g/mol. The van der Waals surface area contributed by atoms with E-state index in [9.17, 15) is 8.42 Å². The third-order valence-electron chi connectivity index (χ3n) is 1.97. The van der Waals surface area contributed by atoms with Gasteiger partial charge in [0.1, 0.15) is 0 Å². The number of nitrogens with one attached hydrogen (secondary N) is 1. The highest BCUT2D eigenvalue weighted by Gasteiger charge is 2.15. The van der Waals surface area contributed by atoms with E-state index in [-0.39, 0.29) is 16.3 Å². The Morgan fingerprint density at radius 3 is 2.53 bits per heavy atom. The van der Waals surface area contributed by atoms with Gasteiger partial charge in [-0.3, -0.25) is 0 Å². The second kappa shape index (κ2) is 6.70. The zero-order valence-electron chi connectivity index (χ0n) is 9.19. The summed E-state index contributed by atoms with van der Waals surface area (Å²) < 4.78 is 31.0. The van der Waals surface area contributed by atoms with Gasteiger partial charge in [0.2, 0.25) is 10.0 Å². The summed E-state index contributed by atoms with van der Waals surface area (Å²) in [4.78, 5) is 0.133. The quantitative estimate of drug-likeness (QED) is 0.805. The third kappa shape index (κ3) is 4.93. The van der Waals surface area contributed by atoms with Crippen LogP contribution >= 0.6 is 27.5 Å². The highest BCUT2D eigenvalue weighted by atomic mass is 79.9. The molecule has 1 aromatic carbocycles. The van der Waals surface area contributed by atoms with E-state index in [1.807, 2.05) is 0 Å². The van der Waals surface area contributed by atoms with E-state index in [0.717, 1.165) is 0 Å². The third-order valence-corrected chi connectivity index (χ3v) is 4.25. The van der Waals surface area contributed by atoms with E-state index in [1.165, 1.54) is 24.3 Å². The summed E-state index contributed by atoms with van der Waals surface area (Å²) in [6, 6.07) is 6.00. The molecule has 0 heterocycles. The van der Waals surface area contributed by atoms with Gasteiger partial charge in [-0.05, 0) is 24.3 Å². The Labute approximate surface area is 114 Å². The van der Waals surface area contributed by atoms with Gasteiger partial charge < -0.3 is 4.74 Å². The maximum Gasteiger partial charge on any atom is 0.240 e. The SMILES string of the molecule is COCC(Br)CNS(=O)(=O)c1ccc(Cl)cc1. The van der Waals surface area contributed by atoms with Gasteiger partial charge in [-0.25, -0.2) is 13.1 Å². The summed E-state index contributed by atoms with van der Waals surface area (Å²) in [6.07, 6.45) is 0. The van der Waals surface area contributed by atoms with Gasteiger partial charge in [-0.2, -0.15) is 0 Å². The fourth-order valence-corrected chi connectivity index (χ4v) is 2.99. The van der Waals surface area contributed by atoms with Crippen LogP contribution in [-0.2, 0) is 14.8 Å². The molecule has 1 unspecified atom stereocenters. The van der Waals surface area contributed by atoms with Crippen LogP contribution in [0.15, 0.2) is 29.2 Å². The number of alkyl halides is 1. The molecule has 0 radical (unpaired) electrons. The van der Waals surface area contributed by atoms with Crippen LogP contribution in [0.1, 0.15) is 0 Å². The van der Waals surface area contributed by atoms with Gasteiger partial charge in [0.25, 0.3) is 0 Å². The Balaban J connectivity index is 2.66. The van der Waals surface area contributed by atoms with Crippen LogP contribution in [0.3, 0.4) is 0 Å². The molecule has 0 bridgehead atoms. The van der Waals surface area contributed by atoms with Crippen molar-refractivity contribution in [3.63, 3.8) is 0 Å². The lowest BCUT2D eigenvalue weighted by molar-refractivity contribution is 0.201. The molecule has 0 saturated heterocycles. The Morgan fingerprint density at radius 1 is 1.41 bits per heavy atom. The number of sulfonamides is 1. The first-order chi connectivity index (χ1) is 7.95. The van der Waals surface area contributed by atoms with E-state index in [0.29, 0.717) is 11.6 Å². The van der Waals surface area contributed by atoms with Crippen LogP contribution in [0.25, 0.3) is 0 Å². The zero-order chi connectivity index (χ0) is 12.9. The van der Waals surface area contributed by atoms with E-state index < -0.39 is 10.0 Å².